The van der Waals surface area contributed by atoms with Crippen LogP contribution in [0.15, 0.2) is 52.4 Å². The molecule has 0 spiro atoms. The van der Waals surface area contributed by atoms with Crippen LogP contribution < -0.4 is 9.54 Å². The maximum absolute atomic E-state index is 12.3. The van der Waals surface area contributed by atoms with Crippen LogP contribution in [0.2, 0.25) is 0 Å². The Labute approximate surface area is 176 Å². The van der Waals surface area contributed by atoms with Crippen molar-refractivity contribution in [3.8, 4) is 5.75 Å². The molecule has 0 aliphatic heterocycles. The molecule has 0 saturated heterocycles. The zero-order chi connectivity index (χ0) is 20.8. The smallest absolute Gasteiger partial charge is 0.270 e. The number of carbonyl (C=O) groups excluding carboxylic acids is 1. The van der Waals surface area contributed by atoms with Crippen LogP contribution in [0.4, 0.5) is 5.69 Å². The van der Waals surface area contributed by atoms with Gasteiger partial charge < -0.3 is 9.30 Å². The fourth-order valence-electron chi connectivity index (χ4n) is 2.81. The zero-order valence-corrected chi connectivity index (χ0v) is 17.8. The van der Waals surface area contributed by atoms with Crippen LogP contribution in [0, 0.1) is 10.1 Å². The van der Waals surface area contributed by atoms with E-state index in [4.69, 9.17) is 4.74 Å². The Bertz CT molecular complexity index is 1090. The van der Waals surface area contributed by atoms with Gasteiger partial charge in [0.25, 0.3) is 5.69 Å². The summed E-state index contributed by atoms with van der Waals surface area (Å²) in [7, 11) is 1.64. The van der Waals surface area contributed by atoms with Crippen molar-refractivity contribution in [1.82, 2.24) is 4.57 Å². The molecule has 29 heavy (non-hydrogen) atoms. The van der Waals surface area contributed by atoms with E-state index >= 15 is 0 Å². The number of fused-ring (bicyclic) bond motifs is 1. The first-order valence-electron chi connectivity index (χ1n) is 9.14. The topological polar surface area (TPSA) is 86.7 Å². The van der Waals surface area contributed by atoms with Gasteiger partial charge in [0, 0.05) is 30.0 Å². The molecule has 0 atom stereocenters. The molecular weight excluding hydrogens is 410 g/mol. The summed E-state index contributed by atoms with van der Waals surface area (Å²) in [5, 5.41) is 11.0. The fourth-order valence-corrected chi connectivity index (χ4v) is 4.81. The number of benzene rings is 2. The number of rotatable bonds is 8. The molecule has 7 nitrogen and oxygen atoms in total. The van der Waals surface area contributed by atoms with Crippen LogP contribution in [0.5, 0.6) is 5.75 Å². The summed E-state index contributed by atoms with van der Waals surface area (Å²) >= 11 is 2.99. The molecule has 0 unspecified atom stereocenters. The first-order chi connectivity index (χ1) is 14.0. The van der Waals surface area contributed by atoms with Crippen LogP contribution in [0.1, 0.15) is 19.8 Å². The van der Waals surface area contributed by atoms with Gasteiger partial charge in [0.05, 0.1) is 22.2 Å². The van der Waals surface area contributed by atoms with Crippen molar-refractivity contribution in [3.63, 3.8) is 0 Å². The summed E-state index contributed by atoms with van der Waals surface area (Å²) in [6.07, 6.45) is 1.09. The van der Waals surface area contributed by atoms with Gasteiger partial charge in [-0.25, -0.2) is 0 Å². The van der Waals surface area contributed by atoms with Crippen LogP contribution in [-0.4, -0.2) is 28.3 Å². The molecule has 9 heteroatoms. The Morgan fingerprint density at radius 1 is 1.28 bits per heavy atom. The molecule has 3 rings (SSSR count). The summed E-state index contributed by atoms with van der Waals surface area (Å²) in [4.78, 5) is 28.8. The molecule has 0 fully saturated rings. The second-order valence-corrected chi connectivity index (χ2v) is 8.35. The maximum atomic E-state index is 12.3. The predicted molar refractivity (Wildman–Crippen MR) is 116 cm³/mol. The average molecular weight is 432 g/mol. The molecular formula is C20H21N3O4S2. The van der Waals surface area contributed by atoms with Gasteiger partial charge in [-0.2, -0.15) is 4.99 Å². The quantitative estimate of drug-likeness (QED) is 0.224. The lowest BCUT2D eigenvalue weighted by Crippen LogP contribution is -2.15. The van der Waals surface area contributed by atoms with Gasteiger partial charge in [0.2, 0.25) is 5.91 Å². The van der Waals surface area contributed by atoms with E-state index in [9.17, 15) is 14.9 Å². The second kappa shape index (κ2) is 9.71. The molecule has 1 aromatic heterocycles. The van der Waals surface area contributed by atoms with E-state index in [1.807, 2.05) is 35.8 Å². The molecule has 0 N–H and O–H groups in total. The van der Waals surface area contributed by atoms with E-state index in [0.717, 1.165) is 33.0 Å². The van der Waals surface area contributed by atoms with Crippen molar-refractivity contribution in [1.29, 1.82) is 0 Å². The van der Waals surface area contributed by atoms with E-state index < -0.39 is 4.92 Å². The average Bonchev–Trinajstić information content (AvgIpc) is 3.07. The van der Waals surface area contributed by atoms with Crippen molar-refractivity contribution < 1.29 is 14.5 Å². The highest BCUT2D eigenvalue weighted by Crippen LogP contribution is 2.24. The van der Waals surface area contributed by atoms with Crippen LogP contribution in [-0.2, 0) is 11.3 Å². The number of hydrogen-bond donors (Lipinski definition) is 0. The van der Waals surface area contributed by atoms with Gasteiger partial charge in [0.1, 0.15) is 5.75 Å². The number of aromatic nitrogens is 1. The van der Waals surface area contributed by atoms with Gasteiger partial charge in [-0.15, -0.1) is 11.8 Å². The van der Waals surface area contributed by atoms with E-state index in [2.05, 4.69) is 4.99 Å². The Balaban J connectivity index is 1.64. The molecule has 152 valence electrons. The lowest BCUT2D eigenvalue weighted by Gasteiger charge is -2.03. The van der Waals surface area contributed by atoms with Crippen LogP contribution >= 0.6 is 23.1 Å². The number of nitro benzene ring substituents is 1. The normalized spacial score (nSPS) is 11.7. The molecule has 0 radical (unpaired) electrons. The number of aryl methyl sites for hydroxylation is 1. The largest absolute Gasteiger partial charge is 0.497 e. The van der Waals surface area contributed by atoms with Crippen molar-refractivity contribution in [2.75, 3.05) is 12.9 Å². The number of non-ortho nitro benzene ring substituents is 1. The fraction of sp³-hybridized carbons (Fsp3) is 0.300. The van der Waals surface area contributed by atoms with Gasteiger partial charge >= 0.3 is 0 Å². The molecule has 0 aliphatic carbocycles. The lowest BCUT2D eigenvalue weighted by molar-refractivity contribution is -0.384. The van der Waals surface area contributed by atoms with E-state index in [1.165, 1.54) is 23.5 Å². The number of carbonyl (C=O) groups is 1. The number of amides is 1. The maximum Gasteiger partial charge on any atom is 0.270 e. The first kappa shape index (κ1) is 21.1. The highest BCUT2D eigenvalue weighted by atomic mass is 32.2. The van der Waals surface area contributed by atoms with E-state index in [0.29, 0.717) is 17.8 Å². The summed E-state index contributed by atoms with van der Waals surface area (Å²) in [5.74, 6) is 1.46. The van der Waals surface area contributed by atoms with Crippen LogP contribution in [0.25, 0.3) is 10.2 Å². The highest BCUT2D eigenvalue weighted by Gasteiger charge is 2.12. The Morgan fingerprint density at radius 2 is 2.03 bits per heavy atom. The molecule has 3 aromatic rings. The van der Waals surface area contributed by atoms with Gasteiger partial charge in [-0.05, 0) is 49.4 Å². The third-order valence-electron chi connectivity index (χ3n) is 4.28. The molecule has 0 saturated carbocycles. The van der Waals surface area contributed by atoms with Gasteiger partial charge in [0.15, 0.2) is 4.80 Å². The second-order valence-electron chi connectivity index (χ2n) is 6.17. The standard InChI is InChI=1S/C20H21N3O4S2/c1-3-22-17-11-6-14(23(25)26)13-18(17)29-20(22)21-19(24)5-4-12-28-16-9-7-15(27-2)8-10-16/h6-11,13H,3-5,12H2,1-2H3. The number of ether oxygens (including phenoxy) is 1. The first-order valence-corrected chi connectivity index (χ1v) is 10.9. The Morgan fingerprint density at radius 3 is 2.69 bits per heavy atom. The van der Waals surface area contributed by atoms with Gasteiger partial charge in [-0.1, -0.05) is 11.3 Å². The number of nitrogens with zero attached hydrogens (tertiary/aromatic N) is 3. The third kappa shape index (κ3) is 5.24. The Hall–Kier alpha value is -2.65. The molecule has 0 aliphatic rings. The lowest BCUT2D eigenvalue weighted by atomic mass is 10.3. The SMILES string of the molecule is CCn1c(=NC(=O)CCCSc2ccc(OC)cc2)sc2cc([N+](=O)[O-])ccc21. The van der Waals surface area contributed by atoms with Crippen molar-refractivity contribution in [3.05, 3.63) is 57.4 Å². The third-order valence-corrected chi connectivity index (χ3v) is 6.42. The Kier molecular flexibility index (Phi) is 7.05. The summed E-state index contributed by atoms with van der Waals surface area (Å²) < 4.78 is 7.80. The number of thiazole rings is 1. The molecule has 2 aromatic carbocycles. The highest BCUT2D eigenvalue weighted by molar-refractivity contribution is 7.99. The molecule has 1 heterocycles. The van der Waals surface area contributed by atoms with Crippen molar-refractivity contribution >= 4 is 44.9 Å². The van der Waals surface area contributed by atoms with Crippen LogP contribution in [0.3, 0.4) is 0 Å². The summed E-state index contributed by atoms with van der Waals surface area (Å²) in [6, 6.07) is 12.5. The minimum Gasteiger partial charge on any atom is -0.497 e. The molecule has 1 amide bonds. The predicted octanol–water partition coefficient (Wildman–Crippen LogP) is 4.64. The van der Waals surface area contributed by atoms with E-state index in [-0.39, 0.29) is 11.6 Å². The number of methoxy groups -OCH3 is 1. The zero-order valence-electron chi connectivity index (χ0n) is 16.2. The number of nitro groups is 1. The monoisotopic (exact) mass is 431 g/mol. The van der Waals surface area contributed by atoms with Crippen molar-refractivity contribution in [2.45, 2.75) is 31.2 Å². The minimum atomic E-state index is -0.419. The van der Waals surface area contributed by atoms with Gasteiger partial charge in [-0.3, -0.25) is 14.9 Å². The minimum absolute atomic E-state index is 0.0374. The van der Waals surface area contributed by atoms with E-state index in [1.54, 1.807) is 24.9 Å². The number of thioether (sulfide) groups is 1. The van der Waals surface area contributed by atoms with Crippen molar-refractivity contribution in [2.24, 2.45) is 4.99 Å². The molecule has 0 bridgehead atoms. The summed E-state index contributed by atoms with van der Waals surface area (Å²) in [6.45, 7) is 2.60. The summed E-state index contributed by atoms with van der Waals surface area (Å²) in [5.41, 5.74) is 0.889. The number of hydrogen-bond acceptors (Lipinski definition) is 6.